The minimum atomic E-state index is -3.19. The highest BCUT2D eigenvalue weighted by Crippen LogP contribution is 2.86. The number of benzene rings is 6. The summed E-state index contributed by atoms with van der Waals surface area (Å²) in [5.74, 6) is 6.97. The molecule has 5 nitrogen and oxygen atoms in total. The third kappa shape index (κ3) is 3.70. The van der Waals surface area contributed by atoms with E-state index < -0.39 is 14.9 Å². The van der Waals surface area contributed by atoms with E-state index in [9.17, 15) is 0 Å². The molecule has 1 spiro atoms. The molecular formula is C50H33N4OS-. The summed E-state index contributed by atoms with van der Waals surface area (Å²) in [6, 6.07) is 47.6. The summed E-state index contributed by atoms with van der Waals surface area (Å²) in [6.45, 7) is 0. The fraction of sp³-hybridized carbons (Fsp3) is 0.0600. The lowest BCUT2D eigenvalue weighted by Gasteiger charge is -2.43. The van der Waals surface area contributed by atoms with Crippen LogP contribution in [0.3, 0.4) is 0 Å². The van der Waals surface area contributed by atoms with Crippen LogP contribution in [-0.4, -0.2) is 22.1 Å². The number of hydrogen-bond acceptors (Lipinski definition) is 3. The molecule has 4 aliphatic heterocycles. The van der Waals surface area contributed by atoms with Gasteiger partial charge in [-0.1, -0.05) is 121 Å². The first-order chi connectivity index (χ1) is 27.6. The molecule has 1 atom stereocenters. The van der Waals surface area contributed by atoms with Crippen LogP contribution in [0.4, 0.5) is 0 Å². The molecule has 2 aromatic heterocycles. The van der Waals surface area contributed by atoms with Crippen LogP contribution in [0.5, 0.6) is 0 Å². The molecule has 266 valence electrons. The number of hydrogen-bond donors (Lipinski definition) is 0. The average Bonchev–Trinajstić information content (AvgIpc) is 3.97. The van der Waals surface area contributed by atoms with Crippen LogP contribution in [0.2, 0.25) is 0 Å². The van der Waals surface area contributed by atoms with Gasteiger partial charge in [0.2, 0.25) is 0 Å². The molecule has 0 fully saturated rings. The lowest BCUT2D eigenvalue weighted by Crippen LogP contribution is -2.16. The Hall–Kier alpha value is -6.76. The van der Waals surface area contributed by atoms with Crippen LogP contribution in [0.15, 0.2) is 174 Å². The van der Waals surface area contributed by atoms with Crippen LogP contribution in [0.1, 0.15) is 46.1 Å². The second kappa shape index (κ2) is 10.5. The Labute approximate surface area is 323 Å². The van der Waals surface area contributed by atoms with E-state index in [4.69, 9.17) is 25.6 Å². The van der Waals surface area contributed by atoms with Crippen molar-refractivity contribution in [3.8, 4) is 27.9 Å². The minimum Gasteiger partial charge on any atom is -0.456 e. The zero-order valence-electron chi connectivity index (χ0n) is 30.3. The van der Waals surface area contributed by atoms with Crippen molar-refractivity contribution in [3.05, 3.63) is 184 Å². The van der Waals surface area contributed by atoms with E-state index in [2.05, 4.69) is 137 Å². The van der Waals surface area contributed by atoms with Gasteiger partial charge in [0.1, 0.15) is 11.2 Å². The maximum absolute atomic E-state index is 6.52. The average molecular weight is 738 g/mol. The molecule has 0 N–H and O–H groups in total. The van der Waals surface area contributed by atoms with Crippen LogP contribution in [-0.2, 0) is 6.42 Å². The molecule has 6 aromatic carbocycles. The fourth-order valence-corrected chi connectivity index (χ4v) is 15.0. The highest BCUT2D eigenvalue weighted by molar-refractivity contribution is 8.49. The maximum atomic E-state index is 6.52. The summed E-state index contributed by atoms with van der Waals surface area (Å²) >= 11 is 0. The Morgan fingerprint density at radius 3 is 2.45 bits per heavy atom. The molecule has 4 bridgehead atoms. The first kappa shape index (κ1) is 30.6. The summed E-state index contributed by atoms with van der Waals surface area (Å²) in [4.78, 5) is 13.1. The van der Waals surface area contributed by atoms with Gasteiger partial charge in [0.25, 0.3) is 0 Å². The standard InChI is InChI=1S/C50H33N4OS/c1-56-27-26-36-35-16-8-9-19-40(35)54(50(36)56)33-23-25-41-39(29-33)45-34(17-10-20-42(45)55-41)32-22-24-37(44(56)28-32)46-38(18-11-21-43(46)56)49-52-47(30-12-4-2-5-13-30)51-48(53-49)31-14-6-3-7-15-31/h2-8,10-18,20-29,47H,1,9,19H2/q-1. The largest absolute Gasteiger partial charge is 0.456 e. The van der Waals surface area contributed by atoms with Gasteiger partial charge in [0, 0.05) is 54.2 Å². The molecule has 56 heavy (non-hydrogen) atoms. The number of allylic oxidation sites excluding steroid dienone is 1. The Kier molecular flexibility index (Phi) is 5.73. The van der Waals surface area contributed by atoms with E-state index in [0.29, 0.717) is 11.7 Å². The van der Waals surface area contributed by atoms with E-state index in [1.165, 1.54) is 42.8 Å². The summed E-state index contributed by atoms with van der Waals surface area (Å²) in [5.41, 5.74) is 14.5. The van der Waals surface area contributed by atoms with Gasteiger partial charge < -0.3 is 19.3 Å². The van der Waals surface area contributed by atoms with Gasteiger partial charge in [-0.05, 0) is 88.5 Å². The second-order valence-corrected chi connectivity index (χ2v) is 19.5. The zero-order valence-corrected chi connectivity index (χ0v) is 31.1. The van der Waals surface area contributed by atoms with Gasteiger partial charge in [0.15, 0.2) is 0 Å². The lowest BCUT2D eigenvalue weighted by atomic mass is 9.94. The minimum absolute atomic E-state index is 0.429. The van der Waals surface area contributed by atoms with Gasteiger partial charge in [-0.25, -0.2) is 0 Å². The van der Waals surface area contributed by atoms with Crippen LogP contribution >= 0.6 is 8.75 Å². The van der Waals surface area contributed by atoms with Gasteiger partial charge in [-0.15, -0.1) is 8.75 Å². The molecule has 1 unspecified atom stereocenters. The Morgan fingerprint density at radius 2 is 1.55 bits per heavy atom. The highest BCUT2D eigenvalue weighted by atomic mass is 32.3. The van der Waals surface area contributed by atoms with Crippen molar-refractivity contribution < 1.29 is 4.42 Å². The molecule has 13 rings (SSSR count). The molecule has 0 saturated heterocycles. The predicted molar refractivity (Wildman–Crippen MR) is 232 cm³/mol. The smallest absolute Gasteiger partial charge is 0.136 e. The predicted octanol–water partition coefficient (Wildman–Crippen LogP) is 12.8. The summed E-state index contributed by atoms with van der Waals surface area (Å²) in [5, 5.41) is 11.2. The summed E-state index contributed by atoms with van der Waals surface area (Å²) in [7, 11) is -3.19. The number of furan rings is 1. The molecule has 6 heterocycles. The van der Waals surface area contributed by atoms with E-state index in [-0.39, 0.29) is 0 Å². The Balaban J connectivity index is 1.16. The molecule has 8 aromatic rings. The van der Waals surface area contributed by atoms with E-state index >= 15 is 0 Å². The third-order valence-corrected chi connectivity index (χ3v) is 17.2. The number of aliphatic imine (C=N–C) groups is 2. The highest BCUT2D eigenvalue weighted by Gasteiger charge is 2.51. The van der Waals surface area contributed by atoms with Gasteiger partial charge in [-0.2, -0.15) is 0 Å². The Bertz CT molecular complexity index is 3290. The van der Waals surface area contributed by atoms with Crippen LogP contribution < -0.4 is 0 Å². The fourth-order valence-electron chi connectivity index (χ4n) is 10.0. The van der Waals surface area contributed by atoms with Crippen molar-refractivity contribution in [2.75, 3.05) is 0 Å². The normalized spacial score (nSPS) is 19.1. The first-order valence-electron chi connectivity index (χ1n) is 19.2. The quantitative estimate of drug-likeness (QED) is 0.167. The molecule has 0 saturated carbocycles. The van der Waals surface area contributed by atoms with E-state index in [0.717, 1.165) is 68.3 Å². The van der Waals surface area contributed by atoms with Crippen molar-refractivity contribution >= 4 is 60.4 Å². The Morgan fingerprint density at radius 1 is 0.714 bits per heavy atom. The molecular weight excluding hydrogens is 705 g/mol. The van der Waals surface area contributed by atoms with Gasteiger partial charge in [0.05, 0.1) is 17.0 Å². The van der Waals surface area contributed by atoms with Gasteiger partial charge in [-0.3, -0.25) is 4.99 Å². The zero-order chi connectivity index (χ0) is 36.8. The topological polar surface area (TPSA) is 56.9 Å². The number of aromatic nitrogens is 1. The lowest BCUT2D eigenvalue weighted by molar-refractivity contribution is 0.669. The van der Waals surface area contributed by atoms with Gasteiger partial charge >= 0.3 is 0 Å². The van der Waals surface area contributed by atoms with Crippen molar-refractivity contribution in [2.45, 2.75) is 33.8 Å². The maximum Gasteiger partial charge on any atom is 0.136 e. The number of nitrogens with zero attached hydrogens (tertiary/aromatic N) is 4. The second-order valence-electron chi connectivity index (χ2n) is 15.4. The molecule has 1 aliphatic carbocycles. The molecule has 5 aliphatic rings. The van der Waals surface area contributed by atoms with Crippen molar-refractivity contribution in [1.82, 2.24) is 4.57 Å². The molecule has 6 heteroatoms. The number of amidine groups is 2. The summed E-state index contributed by atoms with van der Waals surface area (Å²) in [6.07, 6.45) is 8.59. The number of rotatable bonds is 3. The van der Waals surface area contributed by atoms with Crippen LogP contribution in [0, 0.1) is 0 Å². The first-order valence-corrected chi connectivity index (χ1v) is 21.5. The van der Waals surface area contributed by atoms with Crippen molar-refractivity contribution in [3.63, 3.8) is 0 Å². The van der Waals surface area contributed by atoms with E-state index in [1.54, 1.807) is 0 Å². The van der Waals surface area contributed by atoms with Crippen LogP contribution in [0.25, 0.3) is 67.3 Å². The van der Waals surface area contributed by atoms with Crippen molar-refractivity contribution in [1.29, 1.82) is 0 Å². The van der Waals surface area contributed by atoms with E-state index in [1.807, 2.05) is 24.3 Å². The number of fused-ring (bicyclic) bond motifs is 9. The molecule has 0 radical (unpaired) electrons. The SMILES string of the molecule is C=S123C=Cc4c5c(n(c41)-c1ccc4oc6cccc(c6c4c1)-c1ccc(c2c1)-c1c(C2=NC(c4ccccc4)[N-]C(c4ccccc4)=N2)cccc13)CCC=C5. The molecule has 0 amide bonds. The monoisotopic (exact) mass is 737 g/mol. The van der Waals surface area contributed by atoms with Crippen molar-refractivity contribution in [2.24, 2.45) is 9.98 Å². The summed E-state index contributed by atoms with van der Waals surface area (Å²) < 4.78 is 9.11. The third-order valence-electron chi connectivity index (χ3n) is 12.5.